The summed E-state index contributed by atoms with van der Waals surface area (Å²) in [5.74, 6) is 1.00. The fourth-order valence-electron chi connectivity index (χ4n) is 3.48. The molecule has 1 unspecified atom stereocenters. The summed E-state index contributed by atoms with van der Waals surface area (Å²) in [6, 6.07) is 13.4. The molecule has 1 heterocycles. The Labute approximate surface area is 181 Å². The molecule has 0 spiro atoms. The Balaban J connectivity index is 1.82. The maximum atomic E-state index is 13.0. The smallest absolute Gasteiger partial charge is 0.256 e. The molecular formula is C23H26ClN3O3. The second kappa shape index (κ2) is 9.22. The number of ether oxygens (including phenoxy) is 2. The standard InChI is InChI=1S/C23H26ClN3O3/c1-14-11-19(29-4)20(30-5)12-18(14)15(2)25-23(28)21-16(3)26-27(22(21)24)13-17-9-7-6-8-10-17/h6-12,15H,13H2,1-5H3,(H,25,28). The van der Waals surface area contributed by atoms with E-state index >= 15 is 0 Å². The minimum absolute atomic E-state index is 0.259. The largest absolute Gasteiger partial charge is 0.493 e. The van der Waals surface area contributed by atoms with Crippen molar-refractivity contribution in [1.82, 2.24) is 15.1 Å². The number of carbonyl (C=O) groups is 1. The monoisotopic (exact) mass is 427 g/mol. The highest BCUT2D eigenvalue weighted by molar-refractivity contribution is 6.33. The van der Waals surface area contributed by atoms with Gasteiger partial charge in [-0.05, 0) is 49.6 Å². The van der Waals surface area contributed by atoms with Crippen LogP contribution in [0.2, 0.25) is 5.15 Å². The van der Waals surface area contributed by atoms with Crippen LogP contribution in [0.15, 0.2) is 42.5 Å². The lowest BCUT2D eigenvalue weighted by atomic mass is 10.0. The van der Waals surface area contributed by atoms with Gasteiger partial charge in [-0.1, -0.05) is 41.9 Å². The maximum absolute atomic E-state index is 13.0. The molecule has 0 saturated carbocycles. The van der Waals surface area contributed by atoms with Crippen LogP contribution in [-0.4, -0.2) is 29.9 Å². The van der Waals surface area contributed by atoms with Gasteiger partial charge in [0.25, 0.3) is 5.91 Å². The molecule has 158 valence electrons. The van der Waals surface area contributed by atoms with Gasteiger partial charge in [0.05, 0.1) is 38.1 Å². The zero-order chi connectivity index (χ0) is 21.8. The highest BCUT2D eigenvalue weighted by Crippen LogP contribution is 2.33. The van der Waals surface area contributed by atoms with Gasteiger partial charge in [0.15, 0.2) is 11.5 Å². The number of carbonyl (C=O) groups excluding carboxylic acids is 1. The van der Waals surface area contributed by atoms with Crippen molar-refractivity contribution >= 4 is 17.5 Å². The summed E-state index contributed by atoms with van der Waals surface area (Å²) in [5.41, 5.74) is 3.96. The van der Waals surface area contributed by atoms with Gasteiger partial charge in [0.2, 0.25) is 0 Å². The van der Waals surface area contributed by atoms with E-state index in [1.165, 1.54) is 0 Å². The predicted molar refractivity (Wildman–Crippen MR) is 118 cm³/mol. The molecule has 0 aliphatic carbocycles. The second-order valence-corrected chi connectivity index (χ2v) is 7.51. The van der Waals surface area contributed by atoms with Crippen LogP contribution in [0.3, 0.4) is 0 Å². The Bertz CT molecular complexity index is 1050. The van der Waals surface area contributed by atoms with Gasteiger partial charge in [-0.15, -0.1) is 0 Å². The number of nitrogens with one attached hydrogen (secondary N) is 1. The van der Waals surface area contributed by atoms with E-state index in [1.807, 2.05) is 56.3 Å². The molecule has 0 aliphatic rings. The molecule has 6 nitrogen and oxygen atoms in total. The lowest BCUT2D eigenvalue weighted by Crippen LogP contribution is -2.27. The highest BCUT2D eigenvalue weighted by atomic mass is 35.5. The number of hydrogen-bond acceptors (Lipinski definition) is 4. The van der Waals surface area contributed by atoms with Crippen LogP contribution < -0.4 is 14.8 Å². The molecule has 0 bridgehead atoms. The van der Waals surface area contributed by atoms with E-state index in [1.54, 1.807) is 25.8 Å². The van der Waals surface area contributed by atoms with Crippen molar-refractivity contribution in [2.75, 3.05) is 14.2 Å². The first kappa shape index (κ1) is 21.7. The number of methoxy groups -OCH3 is 2. The number of hydrogen-bond donors (Lipinski definition) is 1. The van der Waals surface area contributed by atoms with Gasteiger partial charge < -0.3 is 14.8 Å². The normalized spacial score (nSPS) is 11.8. The summed E-state index contributed by atoms with van der Waals surface area (Å²) in [5, 5.41) is 7.81. The van der Waals surface area contributed by atoms with Crippen molar-refractivity contribution in [3.63, 3.8) is 0 Å². The first-order valence-corrected chi connectivity index (χ1v) is 10.0. The number of amides is 1. The predicted octanol–water partition coefficient (Wildman–Crippen LogP) is 4.71. The van der Waals surface area contributed by atoms with Crippen LogP contribution >= 0.6 is 11.6 Å². The third-order valence-corrected chi connectivity index (χ3v) is 5.44. The van der Waals surface area contributed by atoms with E-state index in [0.717, 1.165) is 16.7 Å². The van der Waals surface area contributed by atoms with Gasteiger partial charge in [-0.3, -0.25) is 4.79 Å². The number of benzene rings is 2. The minimum atomic E-state index is -0.265. The number of halogens is 1. The van der Waals surface area contributed by atoms with Crippen LogP contribution in [0.5, 0.6) is 11.5 Å². The van der Waals surface area contributed by atoms with Crippen molar-refractivity contribution in [3.8, 4) is 11.5 Å². The van der Waals surface area contributed by atoms with Crippen molar-refractivity contribution in [2.45, 2.75) is 33.4 Å². The molecule has 7 heteroatoms. The minimum Gasteiger partial charge on any atom is -0.493 e. The van der Waals surface area contributed by atoms with Crippen LogP contribution in [-0.2, 0) is 6.54 Å². The molecule has 1 N–H and O–H groups in total. The Morgan fingerprint density at radius 1 is 1.13 bits per heavy atom. The van der Waals surface area contributed by atoms with Crippen LogP contribution in [0.4, 0.5) is 0 Å². The average molecular weight is 428 g/mol. The second-order valence-electron chi connectivity index (χ2n) is 7.15. The fraction of sp³-hybridized carbons (Fsp3) is 0.304. The Kier molecular flexibility index (Phi) is 6.67. The zero-order valence-electron chi connectivity index (χ0n) is 17.8. The molecule has 3 rings (SSSR count). The van der Waals surface area contributed by atoms with E-state index in [-0.39, 0.29) is 11.9 Å². The first-order chi connectivity index (χ1) is 14.3. The number of rotatable bonds is 7. The van der Waals surface area contributed by atoms with Crippen molar-refractivity contribution in [2.24, 2.45) is 0 Å². The Morgan fingerprint density at radius 2 is 1.77 bits per heavy atom. The molecule has 0 radical (unpaired) electrons. The van der Waals surface area contributed by atoms with Crippen LogP contribution in [0, 0.1) is 13.8 Å². The van der Waals surface area contributed by atoms with Gasteiger partial charge in [-0.25, -0.2) is 4.68 Å². The number of aryl methyl sites for hydroxylation is 2. The molecule has 0 saturated heterocycles. The Morgan fingerprint density at radius 3 is 2.40 bits per heavy atom. The van der Waals surface area contributed by atoms with E-state index in [4.69, 9.17) is 21.1 Å². The molecule has 0 aliphatic heterocycles. The molecule has 30 heavy (non-hydrogen) atoms. The summed E-state index contributed by atoms with van der Waals surface area (Å²) in [6.45, 7) is 6.17. The average Bonchev–Trinajstić information content (AvgIpc) is 3.01. The molecule has 1 atom stereocenters. The first-order valence-electron chi connectivity index (χ1n) is 9.65. The number of aromatic nitrogens is 2. The highest BCUT2D eigenvalue weighted by Gasteiger charge is 2.23. The summed E-state index contributed by atoms with van der Waals surface area (Å²) >= 11 is 6.53. The SMILES string of the molecule is COc1cc(C)c(C(C)NC(=O)c2c(C)nn(Cc3ccccc3)c2Cl)cc1OC. The molecule has 3 aromatic rings. The Hall–Kier alpha value is -2.99. The van der Waals surface area contributed by atoms with Gasteiger partial charge in [0, 0.05) is 0 Å². The van der Waals surface area contributed by atoms with Gasteiger partial charge in [-0.2, -0.15) is 5.10 Å². The summed E-state index contributed by atoms with van der Waals surface area (Å²) in [6.07, 6.45) is 0. The van der Waals surface area contributed by atoms with E-state index in [2.05, 4.69) is 10.4 Å². The van der Waals surface area contributed by atoms with Crippen LogP contribution in [0.1, 0.15) is 45.7 Å². The van der Waals surface area contributed by atoms with E-state index < -0.39 is 0 Å². The van der Waals surface area contributed by atoms with Crippen molar-refractivity contribution in [1.29, 1.82) is 0 Å². The zero-order valence-corrected chi connectivity index (χ0v) is 18.6. The third-order valence-electron chi connectivity index (χ3n) is 5.05. The summed E-state index contributed by atoms with van der Waals surface area (Å²) in [4.78, 5) is 13.0. The van der Waals surface area contributed by atoms with Gasteiger partial charge >= 0.3 is 0 Å². The van der Waals surface area contributed by atoms with Crippen molar-refractivity contribution < 1.29 is 14.3 Å². The topological polar surface area (TPSA) is 65.4 Å². The molecule has 0 fully saturated rings. The van der Waals surface area contributed by atoms with E-state index in [0.29, 0.717) is 34.5 Å². The third kappa shape index (κ3) is 4.44. The van der Waals surface area contributed by atoms with Gasteiger partial charge in [0.1, 0.15) is 5.15 Å². The number of nitrogens with zero attached hydrogens (tertiary/aromatic N) is 2. The molecule has 1 aromatic heterocycles. The lowest BCUT2D eigenvalue weighted by Gasteiger charge is -2.19. The fourth-order valence-corrected chi connectivity index (χ4v) is 3.80. The molecule has 1 amide bonds. The maximum Gasteiger partial charge on any atom is 0.256 e. The molecular weight excluding hydrogens is 402 g/mol. The van der Waals surface area contributed by atoms with Crippen molar-refractivity contribution in [3.05, 3.63) is 75.6 Å². The molecule has 2 aromatic carbocycles. The van der Waals surface area contributed by atoms with E-state index in [9.17, 15) is 4.79 Å². The van der Waals surface area contributed by atoms with Crippen LogP contribution in [0.25, 0.3) is 0 Å². The quantitative estimate of drug-likeness (QED) is 0.593. The lowest BCUT2D eigenvalue weighted by molar-refractivity contribution is 0.0939. The summed E-state index contributed by atoms with van der Waals surface area (Å²) in [7, 11) is 3.19. The summed E-state index contributed by atoms with van der Waals surface area (Å²) < 4.78 is 12.4.